The smallest absolute Gasteiger partial charge is 0.226 e. The first-order valence-electron chi connectivity index (χ1n) is 6.38. The first kappa shape index (κ1) is 14.1. The minimum absolute atomic E-state index is 0.0568. The molecule has 7 heteroatoms. The van der Waals surface area contributed by atoms with Crippen LogP contribution in [0, 0.1) is 5.92 Å². The zero-order valence-electron chi connectivity index (χ0n) is 11.4. The van der Waals surface area contributed by atoms with Gasteiger partial charge < -0.3 is 10.4 Å². The lowest BCUT2D eigenvalue weighted by atomic mass is 10.0. The van der Waals surface area contributed by atoms with Gasteiger partial charge >= 0.3 is 0 Å². The van der Waals surface area contributed by atoms with Crippen molar-refractivity contribution in [2.24, 2.45) is 5.92 Å². The van der Waals surface area contributed by atoms with Gasteiger partial charge in [-0.1, -0.05) is 13.8 Å². The van der Waals surface area contributed by atoms with E-state index in [1.54, 1.807) is 24.3 Å². The zero-order chi connectivity index (χ0) is 14.5. The first-order valence-corrected chi connectivity index (χ1v) is 6.38. The maximum absolute atomic E-state index is 11.7. The van der Waals surface area contributed by atoms with E-state index >= 15 is 0 Å². The number of aliphatic hydroxyl groups is 1. The number of amides is 1. The van der Waals surface area contributed by atoms with Crippen LogP contribution in [0.5, 0.6) is 0 Å². The van der Waals surface area contributed by atoms with Gasteiger partial charge in [0.15, 0.2) is 0 Å². The Morgan fingerprint density at radius 3 is 2.60 bits per heavy atom. The highest BCUT2D eigenvalue weighted by atomic mass is 16.3. The maximum Gasteiger partial charge on any atom is 0.226 e. The second-order valence-corrected chi connectivity index (χ2v) is 4.88. The Hall–Kier alpha value is -2.28. The third-order valence-corrected chi connectivity index (χ3v) is 2.94. The van der Waals surface area contributed by atoms with Gasteiger partial charge in [-0.15, -0.1) is 10.2 Å². The number of nitrogens with zero attached hydrogens (tertiary/aromatic N) is 3. The lowest BCUT2D eigenvalue weighted by molar-refractivity contribution is -0.118. The fraction of sp³-hybridized carbons (Fsp3) is 0.385. The van der Waals surface area contributed by atoms with E-state index in [1.165, 1.54) is 0 Å². The molecule has 7 nitrogen and oxygen atoms in total. The first-order chi connectivity index (χ1) is 9.56. The fourth-order valence-corrected chi connectivity index (χ4v) is 1.62. The highest BCUT2D eigenvalue weighted by Gasteiger charge is 2.14. The summed E-state index contributed by atoms with van der Waals surface area (Å²) in [5.41, 5.74) is 1.47. The second-order valence-electron chi connectivity index (χ2n) is 4.88. The normalized spacial score (nSPS) is 12.4. The van der Waals surface area contributed by atoms with Crippen molar-refractivity contribution in [1.29, 1.82) is 0 Å². The molecular formula is C13H17N5O2. The van der Waals surface area contributed by atoms with E-state index in [-0.39, 0.29) is 18.2 Å². The van der Waals surface area contributed by atoms with Crippen molar-refractivity contribution in [2.75, 3.05) is 5.32 Å². The molecule has 0 saturated carbocycles. The number of aromatic nitrogens is 4. The number of rotatable bonds is 5. The predicted molar refractivity (Wildman–Crippen MR) is 73.7 cm³/mol. The second kappa shape index (κ2) is 6.25. The number of H-pyrrole nitrogens is 1. The summed E-state index contributed by atoms with van der Waals surface area (Å²) in [5, 5.41) is 26.0. The Morgan fingerprint density at radius 2 is 2.05 bits per heavy atom. The Bertz CT molecular complexity index is 551. The molecule has 1 aromatic heterocycles. The summed E-state index contributed by atoms with van der Waals surface area (Å²) in [6.07, 6.45) is -0.543. The molecule has 3 N–H and O–H groups in total. The Labute approximate surface area is 116 Å². The van der Waals surface area contributed by atoms with Crippen molar-refractivity contribution >= 4 is 11.6 Å². The molecule has 2 rings (SSSR count). The van der Waals surface area contributed by atoms with Gasteiger partial charge in [-0.05, 0) is 35.4 Å². The van der Waals surface area contributed by atoms with Crippen LogP contribution in [0.15, 0.2) is 24.3 Å². The summed E-state index contributed by atoms with van der Waals surface area (Å²) in [5.74, 6) is 0.345. The lowest BCUT2D eigenvalue weighted by Gasteiger charge is -2.14. The number of aliphatic hydroxyl groups excluding tert-OH is 1. The highest BCUT2D eigenvalue weighted by molar-refractivity contribution is 5.91. The summed E-state index contributed by atoms with van der Waals surface area (Å²) < 4.78 is 0. The third kappa shape index (κ3) is 3.61. The zero-order valence-corrected chi connectivity index (χ0v) is 11.4. The van der Waals surface area contributed by atoms with E-state index in [2.05, 4.69) is 25.9 Å². The van der Waals surface area contributed by atoms with E-state index < -0.39 is 6.10 Å². The number of benzene rings is 1. The van der Waals surface area contributed by atoms with Gasteiger partial charge in [0.05, 0.1) is 12.5 Å². The number of hydrogen-bond acceptors (Lipinski definition) is 5. The average Bonchev–Trinajstić information content (AvgIpc) is 2.93. The van der Waals surface area contributed by atoms with Crippen molar-refractivity contribution in [1.82, 2.24) is 20.6 Å². The van der Waals surface area contributed by atoms with Gasteiger partial charge in [-0.25, -0.2) is 0 Å². The lowest BCUT2D eigenvalue weighted by Crippen LogP contribution is -2.23. The molecule has 1 atom stereocenters. The van der Waals surface area contributed by atoms with Crippen LogP contribution in [-0.4, -0.2) is 37.7 Å². The maximum atomic E-state index is 11.7. The largest absolute Gasteiger partial charge is 0.392 e. The summed E-state index contributed by atoms with van der Waals surface area (Å²) in [4.78, 5) is 11.7. The average molecular weight is 275 g/mol. The summed E-state index contributed by atoms with van der Waals surface area (Å²) >= 11 is 0. The molecule has 1 unspecified atom stereocenters. The van der Waals surface area contributed by atoms with Crippen molar-refractivity contribution < 1.29 is 9.90 Å². The molecule has 2 aromatic rings. The number of carbonyl (C=O) groups is 1. The minimum Gasteiger partial charge on any atom is -0.392 e. The van der Waals surface area contributed by atoms with E-state index in [9.17, 15) is 9.90 Å². The van der Waals surface area contributed by atoms with Gasteiger partial charge in [0.1, 0.15) is 0 Å². The molecule has 1 aromatic carbocycles. The summed E-state index contributed by atoms with van der Waals surface area (Å²) in [6.45, 7) is 3.75. The van der Waals surface area contributed by atoms with Crippen LogP contribution in [0.3, 0.4) is 0 Å². The molecule has 0 spiro atoms. The number of hydrogen-bond donors (Lipinski definition) is 3. The van der Waals surface area contributed by atoms with Crippen molar-refractivity contribution in [3.63, 3.8) is 0 Å². The van der Waals surface area contributed by atoms with Crippen LogP contribution >= 0.6 is 0 Å². The van der Waals surface area contributed by atoms with Crippen LogP contribution in [0.25, 0.3) is 11.4 Å². The summed E-state index contributed by atoms with van der Waals surface area (Å²) in [6, 6.07) is 7.09. The van der Waals surface area contributed by atoms with Gasteiger partial charge in [0, 0.05) is 11.3 Å². The van der Waals surface area contributed by atoms with E-state index in [0.717, 1.165) is 5.56 Å². The van der Waals surface area contributed by atoms with Gasteiger partial charge in [-0.2, -0.15) is 5.21 Å². The molecular weight excluding hydrogens is 258 g/mol. The van der Waals surface area contributed by atoms with Gasteiger partial charge in [-0.3, -0.25) is 4.79 Å². The molecule has 1 heterocycles. The summed E-state index contributed by atoms with van der Waals surface area (Å²) in [7, 11) is 0. The van der Waals surface area contributed by atoms with Crippen LogP contribution in [-0.2, 0) is 4.79 Å². The van der Waals surface area contributed by atoms with Crippen LogP contribution in [0.2, 0.25) is 0 Å². The Kier molecular flexibility index (Phi) is 4.41. The quantitative estimate of drug-likeness (QED) is 0.761. The number of carbonyl (C=O) groups excluding carboxylic acids is 1. The van der Waals surface area contributed by atoms with Crippen LogP contribution < -0.4 is 5.32 Å². The molecule has 0 fully saturated rings. The minimum atomic E-state index is -0.631. The fourth-order valence-electron chi connectivity index (χ4n) is 1.62. The van der Waals surface area contributed by atoms with E-state index in [0.29, 0.717) is 11.5 Å². The molecule has 20 heavy (non-hydrogen) atoms. The highest BCUT2D eigenvalue weighted by Crippen LogP contribution is 2.17. The molecule has 0 aliphatic rings. The third-order valence-electron chi connectivity index (χ3n) is 2.94. The number of nitrogens with one attached hydrogen (secondary N) is 2. The number of anilines is 1. The van der Waals surface area contributed by atoms with Crippen molar-refractivity contribution in [2.45, 2.75) is 26.4 Å². The molecule has 1 amide bonds. The molecule has 0 radical (unpaired) electrons. The molecule has 0 bridgehead atoms. The topological polar surface area (TPSA) is 104 Å². The van der Waals surface area contributed by atoms with E-state index in [4.69, 9.17) is 0 Å². The van der Waals surface area contributed by atoms with Crippen LogP contribution in [0.4, 0.5) is 5.69 Å². The van der Waals surface area contributed by atoms with Gasteiger partial charge in [0.25, 0.3) is 0 Å². The number of tetrazole rings is 1. The Morgan fingerprint density at radius 1 is 1.35 bits per heavy atom. The van der Waals surface area contributed by atoms with E-state index in [1.807, 2.05) is 13.8 Å². The molecule has 0 aliphatic heterocycles. The molecule has 0 aliphatic carbocycles. The van der Waals surface area contributed by atoms with Crippen LogP contribution in [0.1, 0.15) is 20.3 Å². The Balaban J connectivity index is 1.95. The van der Waals surface area contributed by atoms with Crippen molar-refractivity contribution in [3.8, 4) is 11.4 Å². The van der Waals surface area contributed by atoms with Gasteiger partial charge in [0.2, 0.25) is 11.7 Å². The van der Waals surface area contributed by atoms with Crippen molar-refractivity contribution in [3.05, 3.63) is 24.3 Å². The monoisotopic (exact) mass is 275 g/mol. The predicted octanol–water partition coefficient (Wildman–Crippen LogP) is 1.21. The number of aromatic amines is 1. The molecule has 0 saturated heterocycles. The standard InChI is InChI=1S/C13H17N5O2/c1-8(2)11(19)7-12(20)14-10-5-3-9(4-6-10)13-15-17-18-16-13/h3-6,8,11,19H,7H2,1-2H3,(H,14,20)(H,15,16,17,18). The SMILES string of the molecule is CC(C)C(O)CC(=O)Nc1ccc(-c2nn[nH]n2)cc1. The molecule has 106 valence electrons.